The molecule has 0 amide bonds. The molecule has 2 aromatic rings. The number of fused-ring (bicyclic) bond motifs is 1. The Hall–Kier alpha value is -1.68. The maximum atomic E-state index is 13.3. The van der Waals surface area contributed by atoms with Crippen molar-refractivity contribution in [1.29, 1.82) is 0 Å². The number of ether oxygens (including phenoxy) is 1. The molecule has 3 rings (SSSR count). The normalized spacial score (nSPS) is 23.1. The van der Waals surface area contributed by atoms with Crippen LogP contribution in [0.4, 0.5) is 4.39 Å². The molecule has 0 radical (unpaired) electrons. The van der Waals surface area contributed by atoms with E-state index in [0.717, 1.165) is 18.4 Å². The fourth-order valence-electron chi connectivity index (χ4n) is 2.85. The van der Waals surface area contributed by atoms with Gasteiger partial charge >= 0.3 is 0 Å². The van der Waals surface area contributed by atoms with Crippen molar-refractivity contribution in [2.24, 2.45) is 5.92 Å². The molecule has 2 atom stereocenters. The fraction of sp³-hybridized carbons (Fsp3) is 0.400. The van der Waals surface area contributed by atoms with E-state index in [9.17, 15) is 9.18 Å². The Labute approximate surface area is 110 Å². The van der Waals surface area contributed by atoms with Crippen molar-refractivity contribution in [3.05, 3.63) is 35.8 Å². The van der Waals surface area contributed by atoms with Gasteiger partial charge in [0, 0.05) is 29.3 Å². The lowest BCUT2D eigenvalue weighted by Crippen LogP contribution is -2.23. The number of nitrogens with one attached hydrogen (secondary N) is 1. The summed E-state index contributed by atoms with van der Waals surface area (Å²) in [7, 11) is 0. The van der Waals surface area contributed by atoms with Crippen LogP contribution in [-0.2, 0) is 4.74 Å². The number of Topliss-reactive ketones (excluding diaryl/α,β-unsaturated/α-hetero) is 1. The molecule has 1 N–H and O–H groups in total. The quantitative estimate of drug-likeness (QED) is 0.861. The Morgan fingerprint density at radius 2 is 2.37 bits per heavy atom. The van der Waals surface area contributed by atoms with Gasteiger partial charge in [-0.25, -0.2) is 4.39 Å². The molecule has 100 valence electrons. The minimum atomic E-state index is -0.323. The van der Waals surface area contributed by atoms with Gasteiger partial charge in [0.25, 0.3) is 0 Å². The van der Waals surface area contributed by atoms with E-state index in [2.05, 4.69) is 4.98 Å². The first-order valence-corrected chi connectivity index (χ1v) is 6.63. The van der Waals surface area contributed by atoms with Crippen LogP contribution >= 0.6 is 0 Å². The zero-order valence-corrected chi connectivity index (χ0v) is 10.8. The summed E-state index contributed by atoms with van der Waals surface area (Å²) < 4.78 is 18.9. The van der Waals surface area contributed by atoms with Gasteiger partial charge in [-0.05, 0) is 31.0 Å². The molecule has 2 unspecified atom stereocenters. The molecule has 0 spiro atoms. The van der Waals surface area contributed by atoms with Crippen molar-refractivity contribution >= 4 is 16.7 Å². The molecule has 0 aliphatic carbocycles. The minimum Gasteiger partial charge on any atom is -0.377 e. The molecule has 2 heterocycles. The number of benzene rings is 1. The smallest absolute Gasteiger partial charge is 0.170 e. The number of halogens is 1. The Balaban J connectivity index is 1.99. The van der Waals surface area contributed by atoms with E-state index in [1.54, 1.807) is 12.3 Å². The van der Waals surface area contributed by atoms with Crippen molar-refractivity contribution in [1.82, 2.24) is 4.98 Å². The van der Waals surface area contributed by atoms with Gasteiger partial charge in [-0.15, -0.1) is 0 Å². The summed E-state index contributed by atoms with van der Waals surface area (Å²) in [6, 6.07) is 4.46. The van der Waals surface area contributed by atoms with E-state index in [-0.39, 0.29) is 23.6 Å². The third-order valence-corrected chi connectivity index (χ3v) is 3.86. The van der Waals surface area contributed by atoms with Gasteiger partial charge in [-0.2, -0.15) is 0 Å². The van der Waals surface area contributed by atoms with Crippen LogP contribution in [-0.4, -0.2) is 23.5 Å². The number of carbonyl (C=O) groups is 1. The van der Waals surface area contributed by atoms with E-state index in [4.69, 9.17) is 4.74 Å². The number of ketones is 1. The van der Waals surface area contributed by atoms with Crippen LogP contribution in [0.2, 0.25) is 0 Å². The van der Waals surface area contributed by atoms with Crippen molar-refractivity contribution in [3.63, 3.8) is 0 Å². The number of hydrogen-bond donors (Lipinski definition) is 1. The molecule has 4 heteroatoms. The second-order valence-electron chi connectivity index (χ2n) is 4.97. The second-order valence-corrected chi connectivity index (χ2v) is 4.97. The number of aromatic nitrogens is 1. The van der Waals surface area contributed by atoms with Crippen molar-refractivity contribution in [2.45, 2.75) is 25.9 Å². The summed E-state index contributed by atoms with van der Waals surface area (Å²) in [6.45, 7) is 2.65. The molecule has 0 saturated carbocycles. The van der Waals surface area contributed by atoms with Crippen LogP contribution in [0.15, 0.2) is 24.4 Å². The molecule has 0 bridgehead atoms. The molecule has 1 fully saturated rings. The molecule has 1 aliphatic rings. The average molecular weight is 261 g/mol. The zero-order valence-electron chi connectivity index (χ0n) is 10.8. The zero-order chi connectivity index (χ0) is 13.4. The summed E-state index contributed by atoms with van der Waals surface area (Å²) in [6.07, 6.45) is 3.25. The summed E-state index contributed by atoms with van der Waals surface area (Å²) >= 11 is 0. The van der Waals surface area contributed by atoms with Crippen molar-refractivity contribution in [3.8, 4) is 0 Å². The van der Waals surface area contributed by atoms with Gasteiger partial charge in [0.05, 0.1) is 12.0 Å². The average Bonchev–Trinajstić information content (AvgIpc) is 3.03. The van der Waals surface area contributed by atoms with Crippen LogP contribution in [0.1, 0.15) is 30.1 Å². The van der Waals surface area contributed by atoms with Crippen molar-refractivity contribution < 1.29 is 13.9 Å². The monoisotopic (exact) mass is 261 g/mol. The molecule has 3 nitrogen and oxygen atoms in total. The molecule has 1 aromatic heterocycles. The first kappa shape index (κ1) is 12.4. The van der Waals surface area contributed by atoms with Gasteiger partial charge in [-0.3, -0.25) is 4.79 Å². The van der Waals surface area contributed by atoms with E-state index < -0.39 is 0 Å². The third-order valence-electron chi connectivity index (χ3n) is 3.86. The fourth-order valence-corrected chi connectivity index (χ4v) is 2.85. The number of hydrogen-bond acceptors (Lipinski definition) is 2. The predicted molar refractivity (Wildman–Crippen MR) is 70.7 cm³/mol. The molecule has 19 heavy (non-hydrogen) atoms. The second kappa shape index (κ2) is 4.78. The topological polar surface area (TPSA) is 42.1 Å². The number of rotatable bonds is 3. The van der Waals surface area contributed by atoms with Gasteiger partial charge in [0.2, 0.25) is 0 Å². The first-order valence-electron chi connectivity index (χ1n) is 6.63. The van der Waals surface area contributed by atoms with Crippen LogP contribution < -0.4 is 0 Å². The Bertz CT molecular complexity index is 620. The SMILES string of the molecule is CCC1OCCC1C(=O)c1c[nH]c2ccc(F)cc12. The predicted octanol–water partition coefficient (Wildman–Crippen LogP) is 3.30. The van der Waals surface area contributed by atoms with Crippen LogP contribution in [0.5, 0.6) is 0 Å². The van der Waals surface area contributed by atoms with Crippen LogP contribution in [0.25, 0.3) is 10.9 Å². The van der Waals surface area contributed by atoms with Gasteiger partial charge in [0.15, 0.2) is 5.78 Å². The molecular weight excluding hydrogens is 245 g/mol. The Morgan fingerprint density at radius 3 is 3.16 bits per heavy atom. The summed E-state index contributed by atoms with van der Waals surface area (Å²) in [4.78, 5) is 15.6. The lowest BCUT2D eigenvalue weighted by atomic mass is 9.90. The number of carbonyl (C=O) groups excluding carboxylic acids is 1. The number of H-pyrrole nitrogens is 1. The van der Waals surface area contributed by atoms with Crippen LogP contribution in [0.3, 0.4) is 0 Å². The van der Waals surface area contributed by atoms with Gasteiger partial charge in [0.1, 0.15) is 5.82 Å². The van der Waals surface area contributed by atoms with Gasteiger partial charge < -0.3 is 9.72 Å². The van der Waals surface area contributed by atoms with E-state index in [1.807, 2.05) is 6.92 Å². The highest BCUT2D eigenvalue weighted by Gasteiger charge is 2.34. The van der Waals surface area contributed by atoms with Crippen LogP contribution in [0, 0.1) is 11.7 Å². The lowest BCUT2D eigenvalue weighted by Gasteiger charge is -2.14. The largest absolute Gasteiger partial charge is 0.377 e. The minimum absolute atomic E-state index is 0.00832. The highest BCUT2D eigenvalue weighted by atomic mass is 19.1. The lowest BCUT2D eigenvalue weighted by molar-refractivity contribution is 0.0690. The first-order chi connectivity index (χ1) is 9.20. The van der Waals surface area contributed by atoms with Crippen molar-refractivity contribution in [2.75, 3.05) is 6.61 Å². The highest BCUT2D eigenvalue weighted by Crippen LogP contribution is 2.30. The van der Waals surface area contributed by atoms with E-state index >= 15 is 0 Å². The van der Waals surface area contributed by atoms with Gasteiger partial charge in [-0.1, -0.05) is 6.92 Å². The highest BCUT2D eigenvalue weighted by molar-refractivity contribution is 6.09. The summed E-state index contributed by atoms with van der Waals surface area (Å²) in [5.41, 5.74) is 1.36. The maximum Gasteiger partial charge on any atom is 0.170 e. The summed E-state index contributed by atoms with van der Waals surface area (Å²) in [5.74, 6) is -0.371. The summed E-state index contributed by atoms with van der Waals surface area (Å²) in [5, 5.41) is 0.659. The number of aromatic amines is 1. The third kappa shape index (κ3) is 2.06. The molecule has 1 aliphatic heterocycles. The standard InChI is InChI=1S/C15H16FNO2/c1-2-14-10(5-6-19-14)15(18)12-8-17-13-4-3-9(16)7-11(12)13/h3-4,7-8,10,14,17H,2,5-6H2,1H3. The van der Waals surface area contributed by atoms with E-state index in [1.165, 1.54) is 12.1 Å². The Morgan fingerprint density at radius 1 is 1.53 bits per heavy atom. The Kier molecular flexibility index (Phi) is 3.11. The van der Waals surface area contributed by atoms with E-state index in [0.29, 0.717) is 17.6 Å². The molecule has 1 aromatic carbocycles. The maximum absolute atomic E-state index is 13.3. The molecule has 1 saturated heterocycles. The molecular formula is C15H16FNO2.